The van der Waals surface area contributed by atoms with Crippen LogP contribution in [0.15, 0.2) is 267 Å². The van der Waals surface area contributed by atoms with E-state index in [0.29, 0.717) is 71.8 Å². The molecular formula is C83H98Ac2BClF3IN4O13. The number of nitrogens with zero attached hydrogens (tertiary/aromatic N) is 1. The van der Waals surface area contributed by atoms with Crippen molar-refractivity contribution in [3.05, 3.63) is 320 Å². The molecule has 3 saturated heterocycles. The van der Waals surface area contributed by atoms with Crippen LogP contribution in [0.3, 0.4) is 0 Å². The van der Waals surface area contributed by atoms with E-state index >= 15 is 0 Å². The van der Waals surface area contributed by atoms with Gasteiger partial charge in [0.25, 0.3) is 0 Å². The second-order valence-electron chi connectivity index (χ2n) is 24.2. The number of carbonyl (C=O) groups excluding carboxylic acids is 5. The molecule has 3 aliphatic heterocycles. The molecule has 0 spiro atoms. The summed E-state index contributed by atoms with van der Waals surface area (Å²) in [4.78, 5) is 56.6. The van der Waals surface area contributed by atoms with Gasteiger partial charge in [-0.1, -0.05) is 224 Å². The van der Waals surface area contributed by atoms with Gasteiger partial charge in [0, 0.05) is 151 Å². The summed E-state index contributed by atoms with van der Waals surface area (Å²) in [7, 11) is 1.18. The van der Waals surface area contributed by atoms with E-state index in [4.69, 9.17) is 44.4 Å². The maximum Gasteiger partial charge on any atom is 0 e. The fraction of sp³-hybridized carbons (Fsp3) is 0.289. The number of ketones is 3. The number of aliphatic hydroxyl groups is 4. The van der Waals surface area contributed by atoms with Crippen LogP contribution in [0.2, 0.25) is 11.8 Å². The van der Waals surface area contributed by atoms with Crippen molar-refractivity contribution in [3.63, 3.8) is 0 Å². The molecular weight excluding hydrogens is 1950 g/mol. The van der Waals surface area contributed by atoms with Gasteiger partial charge in [-0.15, -0.1) is 0 Å². The van der Waals surface area contributed by atoms with Crippen molar-refractivity contribution in [2.75, 3.05) is 26.7 Å². The minimum Gasteiger partial charge on any atom is 0 e. The summed E-state index contributed by atoms with van der Waals surface area (Å²) in [5.74, 6) is -0.162. The molecule has 572 valence electrons. The zero-order chi connectivity index (χ0) is 77.7. The monoisotopic (exact) mass is 2040 g/mol. The van der Waals surface area contributed by atoms with Gasteiger partial charge in [-0.2, -0.15) is 13.2 Å². The van der Waals surface area contributed by atoms with E-state index in [1.807, 2.05) is 146 Å². The largest absolute Gasteiger partial charge is 0 e. The molecule has 0 saturated carbocycles. The number of fused-ring (bicyclic) bond motifs is 1. The first-order chi connectivity index (χ1) is 50.9. The molecule has 3 fully saturated rings. The predicted molar refractivity (Wildman–Crippen MR) is 419 cm³/mol. The van der Waals surface area contributed by atoms with Gasteiger partial charge in [0.2, 0.25) is 5.91 Å². The van der Waals surface area contributed by atoms with Crippen molar-refractivity contribution in [1.29, 1.82) is 0 Å². The molecule has 2 radical (unpaired) electrons. The molecule has 9 aromatic carbocycles. The summed E-state index contributed by atoms with van der Waals surface area (Å²) < 4.78 is 65.5. The molecule has 2 amide bonds. The normalized spacial score (nSPS) is 15.0. The van der Waals surface area contributed by atoms with E-state index in [0.717, 1.165) is 54.5 Å². The van der Waals surface area contributed by atoms with Crippen LogP contribution in [-0.4, -0.2) is 101 Å². The minimum atomic E-state index is -4.27. The van der Waals surface area contributed by atoms with Crippen LogP contribution < -0.4 is 16.8 Å². The Kier molecular flexibility index (Phi) is 50.5. The van der Waals surface area contributed by atoms with E-state index in [-0.39, 0.29) is 143 Å². The van der Waals surface area contributed by atoms with E-state index in [1.165, 1.54) is 49.9 Å². The third kappa shape index (κ3) is 37.0. The summed E-state index contributed by atoms with van der Waals surface area (Å²) in [6, 6.07) is 82.1. The number of benzene rings is 9. The summed E-state index contributed by atoms with van der Waals surface area (Å²) in [6.45, 7) is 7.59. The Balaban J connectivity index is 0.000000422. The first kappa shape index (κ1) is 98.2. The zero-order valence-electron chi connectivity index (χ0n) is 61.2. The Bertz CT molecular complexity index is 3800. The van der Waals surface area contributed by atoms with Crippen molar-refractivity contribution in [1.82, 2.24) is 10.1 Å². The molecule has 12 rings (SSSR count). The predicted octanol–water partition coefficient (Wildman–Crippen LogP) is 15.9. The maximum absolute atomic E-state index is 11.9. The number of nitrogens with one attached hydrogen (secondary N) is 1. The number of hydrogen-bond acceptors (Lipinski definition) is 15. The van der Waals surface area contributed by atoms with Crippen LogP contribution >= 0.6 is 32.3 Å². The molecule has 11 N–H and O–H groups in total. The maximum atomic E-state index is 11.9. The summed E-state index contributed by atoms with van der Waals surface area (Å²) >= 11 is 2.71. The molecule has 5 atom stereocenters. The third-order valence-corrected chi connectivity index (χ3v) is 18.5. The third-order valence-electron chi connectivity index (χ3n) is 16.4. The average molecular weight is 2040 g/mol. The number of ether oxygens (including phenoxy) is 1. The van der Waals surface area contributed by atoms with Crippen LogP contribution in [-0.2, 0) is 35.6 Å². The van der Waals surface area contributed by atoms with Crippen LogP contribution in [0.1, 0.15) is 152 Å². The number of alkyl carbamates (subject to hydrolysis) is 1. The first-order valence-corrected chi connectivity index (χ1v) is 38.0. The van der Waals surface area contributed by atoms with E-state index < -0.39 is 50.7 Å². The fourth-order valence-electron chi connectivity index (χ4n) is 11.1. The van der Waals surface area contributed by atoms with Crippen LogP contribution in [0.5, 0.6) is 0 Å². The SMILES string of the molecule is CB1OC(c2ccccc2)(c2ccccc2)C2CCCN12.CC(=O)CCC(=O)c1ccccc1.CC(=O)CC[C@@H](O)c1ccccc1.CO.FC(F)(F)c1ccc(Cl)cc1.NC(=O)CC[C@@H](O)c1ccccc1.NCC[C@@H](O)c1ccccc1.O=C1NCC[C@H](c2ccccc2)O1.OI(O)c1ccccc1.[Ac].[Ac]. The molecule has 25 heteroatoms. The number of cyclic esters (lactones) is 1. The van der Waals surface area contributed by atoms with Crippen molar-refractivity contribution in [2.24, 2.45) is 11.5 Å². The second kappa shape index (κ2) is 55.5. The Labute approximate surface area is 718 Å². The first-order valence-electron chi connectivity index (χ1n) is 34.6. The summed E-state index contributed by atoms with van der Waals surface area (Å²) in [5, 5.41) is 38.5. The molecule has 3 aliphatic rings. The van der Waals surface area contributed by atoms with Gasteiger partial charge in [-0.25, -0.2) is 4.79 Å². The van der Waals surface area contributed by atoms with Gasteiger partial charge in [0.1, 0.15) is 23.3 Å². The summed E-state index contributed by atoms with van der Waals surface area (Å²) in [5.41, 5.74) is 16.2. The Morgan fingerprint density at radius 1 is 0.583 bits per heavy atom. The Morgan fingerprint density at radius 2 is 0.981 bits per heavy atom. The average Bonchev–Trinajstić information content (AvgIpc) is 1.57. The number of halogens is 5. The van der Waals surface area contributed by atoms with Crippen molar-refractivity contribution in [2.45, 2.75) is 127 Å². The van der Waals surface area contributed by atoms with E-state index in [9.17, 15) is 52.5 Å². The molecule has 17 nitrogen and oxygen atoms in total. The second-order valence-corrected chi connectivity index (χ2v) is 27.3. The van der Waals surface area contributed by atoms with Crippen LogP contribution in [0.4, 0.5) is 18.0 Å². The van der Waals surface area contributed by atoms with Gasteiger partial charge in [-0.3, -0.25) is 9.59 Å². The van der Waals surface area contributed by atoms with Gasteiger partial charge in [-0.05, 0) is 124 Å². The van der Waals surface area contributed by atoms with Gasteiger partial charge in [0.05, 0.1) is 23.9 Å². The number of carbonyl (C=O) groups is 5. The molecule has 3 heterocycles. The topological polar surface area (TPSA) is 292 Å². The fourth-order valence-corrected chi connectivity index (χ4v) is 12.3. The van der Waals surface area contributed by atoms with Crippen molar-refractivity contribution >= 4 is 68.7 Å². The molecule has 0 aliphatic carbocycles. The number of alkyl halides is 3. The van der Waals surface area contributed by atoms with Gasteiger partial charge >= 0.3 is 80.7 Å². The van der Waals surface area contributed by atoms with E-state index in [1.54, 1.807) is 36.4 Å². The molecule has 0 bridgehead atoms. The quantitative estimate of drug-likeness (QED) is 0.0207. The number of hydrogen-bond donors (Lipinski definition) is 9. The standard InChI is InChI=1S/C18H20BNO.C11H14O2.C11H12O2.C10H11NO2.C10H13NO2.C9H13NO.C7H4ClF3.C6H7IO2.CH4O.2Ac/c1-19-20-14-8-13-17(20)18(21-19,15-9-4-2-5-10-15)16-11-6-3-7-12-16;2*1-9(12)7-8-11(13)10-5-3-2-4-6-10;12-10-11-7-6-9(13-10)8-4-2-1-3-5-8;11-10(13)7-6-9(12)8-4-2-1-3-5-8;10-7-6-9(11)8-4-2-1-3-5-8;8-6-3-1-5(2-4-6)7(9,10)11;8-7(9)6-4-2-1-3-5-6;1-2;;/h2-7,9-12,17H,8,13-14H2,1H3;2-6,11,13H,7-8H2,1H3;2-6H,7-8H2,1H3;1-5,9H,6-7H2,(H,11,12);1-5,9,12H,6-7H2,(H2,11,13);1-5,9,11H,6-7,10H2;1-4H;1-5,8-9H;2H,1H3;;/t;11-;;3*9-;;;;;/m.1.111...../s1. The number of aliphatic hydroxyl groups excluding tert-OH is 4. The number of amides is 2. The zero-order valence-corrected chi connectivity index (χ0v) is 73.7. The molecule has 0 aromatic heterocycles. The minimum absolute atomic E-state index is 0. The van der Waals surface area contributed by atoms with Crippen molar-refractivity contribution < 1.29 is 162 Å². The van der Waals surface area contributed by atoms with Gasteiger partial charge < -0.3 is 61.0 Å². The molecule has 108 heavy (non-hydrogen) atoms. The van der Waals surface area contributed by atoms with Crippen LogP contribution in [0, 0.1) is 91.7 Å². The summed E-state index contributed by atoms with van der Waals surface area (Å²) in [6.07, 6.45) is -0.00839. The van der Waals surface area contributed by atoms with Crippen LogP contribution in [0.25, 0.3) is 0 Å². The number of rotatable bonds is 19. The number of nitrogens with two attached hydrogens (primary N) is 2. The number of Topliss-reactive ketones (excluding diaryl/α,β-unsaturated/α-hetero) is 3. The Morgan fingerprint density at radius 3 is 1.37 bits per heavy atom. The number of primary amides is 1. The van der Waals surface area contributed by atoms with E-state index in [2.05, 4.69) is 77.6 Å². The molecule has 1 unspecified atom stereocenters. The molecule has 9 aromatic rings. The van der Waals surface area contributed by atoms with Crippen molar-refractivity contribution in [3.8, 4) is 0 Å². The Hall–Kier alpha value is -5.87. The van der Waals surface area contributed by atoms with Gasteiger partial charge in [0.15, 0.2) is 5.78 Å². The smallest absolute Gasteiger partial charge is 0 e.